The number of aliphatic hydroxyl groups is 1. The molecule has 1 heterocycles. The molecule has 4 heteroatoms. The highest BCUT2D eigenvalue weighted by Gasteiger charge is 2.15. The fourth-order valence-corrected chi connectivity index (χ4v) is 1.36. The maximum atomic E-state index is 9.63. The molecule has 0 saturated carbocycles. The lowest BCUT2D eigenvalue weighted by Crippen LogP contribution is -2.15. The van der Waals surface area contributed by atoms with Crippen LogP contribution < -0.4 is 0 Å². The molecule has 0 atom stereocenters. The number of rotatable bonds is 2. The first-order valence-electron chi connectivity index (χ1n) is 3.51. The maximum Gasteiger partial charge on any atom is 0.112 e. The van der Waals surface area contributed by atoms with Gasteiger partial charge < -0.3 is 5.11 Å². The van der Waals surface area contributed by atoms with Crippen LogP contribution in [0.1, 0.15) is 19.4 Å². The van der Waals surface area contributed by atoms with Crippen molar-refractivity contribution < 1.29 is 5.11 Å². The van der Waals surface area contributed by atoms with Gasteiger partial charge in [-0.2, -0.15) is 0 Å². The monoisotopic (exact) mass is 203 g/mol. The molecular weight excluding hydrogens is 194 g/mol. The topological polar surface area (TPSA) is 33.1 Å². The zero-order valence-electron chi connectivity index (χ0n) is 6.91. The Balaban J connectivity index is 3.02. The van der Waals surface area contributed by atoms with Gasteiger partial charge in [0.25, 0.3) is 0 Å². The van der Waals surface area contributed by atoms with Crippen molar-refractivity contribution in [1.82, 2.24) is 4.98 Å². The maximum absolute atomic E-state index is 9.63. The second kappa shape index (κ2) is 3.64. The van der Waals surface area contributed by atoms with E-state index in [4.69, 9.17) is 10.7 Å². The third-order valence-electron chi connectivity index (χ3n) is 1.52. The van der Waals surface area contributed by atoms with Crippen LogP contribution in [0, 0.1) is 0 Å². The predicted molar refractivity (Wildman–Crippen MR) is 51.2 cm³/mol. The van der Waals surface area contributed by atoms with E-state index in [9.17, 15) is 5.11 Å². The molecule has 1 aromatic heterocycles. The molecule has 0 unspecified atom stereocenters. The molecule has 12 heavy (non-hydrogen) atoms. The largest absolute Gasteiger partial charge is 0.386 e. The number of hydrogen-bond donors (Lipinski definition) is 1. The van der Waals surface area contributed by atoms with Gasteiger partial charge in [-0.15, -0.1) is 0 Å². The van der Waals surface area contributed by atoms with Crippen LogP contribution in [0.15, 0.2) is 23.4 Å². The van der Waals surface area contributed by atoms with E-state index < -0.39 is 5.60 Å². The highest BCUT2D eigenvalue weighted by Crippen LogP contribution is 2.25. The van der Waals surface area contributed by atoms with E-state index in [0.29, 0.717) is 5.03 Å². The van der Waals surface area contributed by atoms with E-state index >= 15 is 0 Å². The van der Waals surface area contributed by atoms with Gasteiger partial charge >= 0.3 is 0 Å². The van der Waals surface area contributed by atoms with E-state index in [0.717, 1.165) is 16.5 Å². The van der Waals surface area contributed by atoms with Crippen LogP contribution in [0.3, 0.4) is 0 Å². The second-order valence-electron chi connectivity index (χ2n) is 3.02. The van der Waals surface area contributed by atoms with Crippen molar-refractivity contribution in [3.8, 4) is 0 Å². The van der Waals surface area contributed by atoms with Crippen LogP contribution >= 0.6 is 21.7 Å². The first kappa shape index (κ1) is 9.84. The standard InChI is InChI=1S/C8H10ClNOS/c1-8(2,11)6-3-4-10-7(5-6)12-9/h3-5,11H,1-2H3. The van der Waals surface area contributed by atoms with Gasteiger partial charge in [-0.1, -0.05) is 0 Å². The third-order valence-corrected chi connectivity index (χ3v) is 2.38. The van der Waals surface area contributed by atoms with Gasteiger partial charge in [0.1, 0.15) is 5.03 Å². The van der Waals surface area contributed by atoms with E-state index in [2.05, 4.69) is 4.98 Å². The first-order valence-corrected chi connectivity index (χ1v) is 5.16. The normalized spacial score (nSPS) is 11.7. The molecule has 0 bridgehead atoms. The quantitative estimate of drug-likeness (QED) is 0.802. The second-order valence-corrected chi connectivity index (χ2v) is 4.05. The van der Waals surface area contributed by atoms with Gasteiger partial charge in [0.15, 0.2) is 0 Å². The van der Waals surface area contributed by atoms with Crippen LogP contribution in [0.2, 0.25) is 0 Å². The number of halogens is 1. The molecule has 0 radical (unpaired) electrons. The van der Waals surface area contributed by atoms with E-state index in [1.54, 1.807) is 32.2 Å². The lowest BCUT2D eigenvalue weighted by atomic mass is 10.0. The molecule has 0 saturated heterocycles. The molecule has 0 fully saturated rings. The molecule has 0 aliphatic heterocycles. The summed E-state index contributed by atoms with van der Waals surface area (Å²) < 4.78 is 0. The van der Waals surface area contributed by atoms with Crippen LogP contribution in [-0.4, -0.2) is 10.1 Å². The summed E-state index contributed by atoms with van der Waals surface area (Å²) in [6.07, 6.45) is 1.64. The van der Waals surface area contributed by atoms with Gasteiger partial charge in [0, 0.05) is 17.2 Å². The van der Waals surface area contributed by atoms with Crippen molar-refractivity contribution in [2.45, 2.75) is 24.5 Å². The minimum Gasteiger partial charge on any atom is -0.386 e. The van der Waals surface area contributed by atoms with Crippen molar-refractivity contribution in [1.29, 1.82) is 0 Å². The number of aromatic nitrogens is 1. The number of hydrogen-bond acceptors (Lipinski definition) is 3. The van der Waals surface area contributed by atoms with E-state index in [1.165, 1.54) is 0 Å². The summed E-state index contributed by atoms with van der Waals surface area (Å²) in [6.45, 7) is 3.45. The minimum absolute atomic E-state index is 0.705. The average Bonchev–Trinajstić information content (AvgIpc) is 2.03. The molecular formula is C8H10ClNOS. The molecule has 2 nitrogen and oxygen atoms in total. The Morgan fingerprint density at radius 3 is 2.75 bits per heavy atom. The summed E-state index contributed by atoms with van der Waals surface area (Å²) in [5.74, 6) is 0. The summed E-state index contributed by atoms with van der Waals surface area (Å²) in [5.41, 5.74) is -0.00901. The van der Waals surface area contributed by atoms with Gasteiger partial charge in [-0.3, -0.25) is 0 Å². The Morgan fingerprint density at radius 1 is 1.58 bits per heavy atom. The van der Waals surface area contributed by atoms with E-state index in [-0.39, 0.29) is 0 Å². The summed E-state index contributed by atoms with van der Waals surface area (Å²) >= 11 is 0. The Kier molecular flexibility index (Phi) is 2.99. The Labute approximate surface area is 80.5 Å². The zero-order valence-corrected chi connectivity index (χ0v) is 8.49. The van der Waals surface area contributed by atoms with Gasteiger partial charge in [0.05, 0.1) is 5.60 Å². The summed E-state index contributed by atoms with van der Waals surface area (Å²) in [4.78, 5) is 3.99. The molecule has 0 amide bonds. The lowest BCUT2D eigenvalue weighted by Gasteiger charge is -2.17. The summed E-state index contributed by atoms with van der Waals surface area (Å²) in [6, 6.07) is 3.55. The van der Waals surface area contributed by atoms with Crippen LogP contribution in [0.25, 0.3) is 0 Å². The Hall–Kier alpha value is -0.250. The number of pyridine rings is 1. The Bertz CT molecular complexity index is 272. The van der Waals surface area contributed by atoms with E-state index in [1.807, 2.05) is 0 Å². The molecule has 0 spiro atoms. The zero-order chi connectivity index (χ0) is 9.19. The van der Waals surface area contributed by atoms with Crippen molar-refractivity contribution in [2.24, 2.45) is 0 Å². The molecule has 66 valence electrons. The minimum atomic E-state index is -0.829. The number of nitrogens with zero attached hydrogens (tertiary/aromatic N) is 1. The molecule has 1 aromatic rings. The van der Waals surface area contributed by atoms with Gasteiger partial charge in [0.2, 0.25) is 0 Å². The smallest absolute Gasteiger partial charge is 0.112 e. The SMILES string of the molecule is CC(C)(O)c1ccnc(SCl)c1. The molecule has 1 N–H and O–H groups in total. The predicted octanol–water partition coefficient (Wildman–Crippen LogP) is 2.55. The van der Waals surface area contributed by atoms with Crippen molar-refractivity contribution >= 4 is 21.7 Å². The van der Waals surface area contributed by atoms with Crippen molar-refractivity contribution in [2.75, 3.05) is 0 Å². The Morgan fingerprint density at radius 2 is 2.25 bits per heavy atom. The molecule has 0 aliphatic rings. The van der Waals surface area contributed by atoms with Gasteiger partial charge in [-0.25, -0.2) is 4.98 Å². The molecule has 1 rings (SSSR count). The average molecular weight is 204 g/mol. The van der Waals surface area contributed by atoms with Crippen LogP contribution in [-0.2, 0) is 5.60 Å². The first-order chi connectivity index (χ1) is 5.54. The van der Waals surface area contributed by atoms with Crippen molar-refractivity contribution in [3.05, 3.63) is 23.9 Å². The lowest BCUT2D eigenvalue weighted by molar-refractivity contribution is 0.0782. The summed E-state index contributed by atoms with van der Waals surface area (Å²) in [7, 11) is 6.57. The van der Waals surface area contributed by atoms with Crippen LogP contribution in [0.5, 0.6) is 0 Å². The fraction of sp³-hybridized carbons (Fsp3) is 0.375. The van der Waals surface area contributed by atoms with Crippen LogP contribution in [0.4, 0.5) is 0 Å². The summed E-state index contributed by atoms with van der Waals surface area (Å²) in [5, 5.41) is 10.3. The molecule has 0 aromatic carbocycles. The van der Waals surface area contributed by atoms with Gasteiger partial charge in [-0.05, 0) is 42.2 Å². The molecule has 0 aliphatic carbocycles. The third kappa shape index (κ3) is 2.37. The highest BCUT2D eigenvalue weighted by molar-refractivity contribution is 8.21. The van der Waals surface area contributed by atoms with Crippen molar-refractivity contribution in [3.63, 3.8) is 0 Å². The fourth-order valence-electron chi connectivity index (χ4n) is 0.832. The highest BCUT2D eigenvalue weighted by atomic mass is 35.7.